The molecule has 3 heteroatoms. The molecule has 0 saturated carbocycles. The van der Waals surface area contributed by atoms with E-state index in [-0.39, 0.29) is 0 Å². The van der Waals surface area contributed by atoms with Gasteiger partial charge in [-0.2, -0.15) is 0 Å². The van der Waals surface area contributed by atoms with Crippen molar-refractivity contribution in [3.8, 4) is 11.1 Å². The summed E-state index contributed by atoms with van der Waals surface area (Å²) in [5, 5.41) is 13.3. The molecule has 220 valence electrons. The van der Waals surface area contributed by atoms with Gasteiger partial charge in [-0.05, 0) is 71.4 Å². The minimum Gasteiger partial charge on any atom is -0.312 e. The minimum atomic E-state index is -0.422. The number of nitrogens with one attached hydrogen (secondary N) is 1. The second-order valence-electron chi connectivity index (χ2n) is 11.7. The summed E-state index contributed by atoms with van der Waals surface area (Å²) in [5.41, 5.74) is 12.3. The Balaban J connectivity index is 1.34. The molecule has 3 nitrogen and oxygen atoms in total. The highest BCUT2D eigenvalue weighted by Crippen LogP contribution is 2.36. The van der Waals surface area contributed by atoms with Crippen molar-refractivity contribution in [1.82, 2.24) is 5.32 Å². The maximum absolute atomic E-state index is 6.85. The highest BCUT2D eigenvalue weighted by atomic mass is 15.1. The van der Waals surface area contributed by atoms with Crippen LogP contribution in [0, 0.1) is 0 Å². The molecule has 0 aromatic heterocycles. The van der Waals surface area contributed by atoms with Crippen LogP contribution in [-0.4, -0.2) is 6.21 Å². The van der Waals surface area contributed by atoms with Gasteiger partial charge in [-0.3, -0.25) is 10.3 Å². The topological polar surface area (TPSA) is 50.4 Å². The SMILES string of the molecule is NC(NC(N=Cc1c2ccccc2cc2ccc3ccccc3c12)c1ccccc1-c1cccc2ccccc12)c1ccccc1. The molecule has 0 spiro atoms. The molecule has 0 fully saturated rings. The van der Waals surface area contributed by atoms with E-state index in [1.165, 1.54) is 48.7 Å². The highest BCUT2D eigenvalue weighted by molar-refractivity contribution is 6.21. The van der Waals surface area contributed by atoms with Crippen LogP contribution in [0.15, 0.2) is 169 Å². The summed E-state index contributed by atoms with van der Waals surface area (Å²) in [4.78, 5) is 5.39. The van der Waals surface area contributed by atoms with Crippen LogP contribution in [0.4, 0.5) is 0 Å². The Morgan fingerprint density at radius 2 is 1.09 bits per heavy atom. The average Bonchev–Trinajstić information content (AvgIpc) is 3.12. The van der Waals surface area contributed by atoms with Gasteiger partial charge in [0, 0.05) is 11.8 Å². The van der Waals surface area contributed by atoms with Gasteiger partial charge in [0.05, 0.1) is 6.17 Å². The fourth-order valence-corrected chi connectivity index (χ4v) is 6.74. The van der Waals surface area contributed by atoms with Crippen LogP contribution < -0.4 is 11.1 Å². The second kappa shape index (κ2) is 12.1. The number of nitrogens with two attached hydrogens (primary N) is 1. The third-order valence-corrected chi connectivity index (χ3v) is 8.98. The van der Waals surface area contributed by atoms with Gasteiger partial charge in [0.2, 0.25) is 0 Å². The number of benzene rings is 8. The normalized spacial score (nSPS) is 13.2. The predicted octanol–water partition coefficient (Wildman–Crippen LogP) is 10.3. The van der Waals surface area contributed by atoms with Crippen molar-refractivity contribution in [2.75, 3.05) is 0 Å². The van der Waals surface area contributed by atoms with Gasteiger partial charge in [0.1, 0.15) is 6.17 Å². The molecule has 3 N–H and O–H groups in total. The zero-order valence-corrected chi connectivity index (χ0v) is 25.3. The Kier molecular flexibility index (Phi) is 7.31. The molecule has 2 unspecified atom stereocenters. The smallest absolute Gasteiger partial charge is 0.127 e. The lowest BCUT2D eigenvalue weighted by atomic mass is 9.92. The van der Waals surface area contributed by atoms with Crippen molar-refractivity contribution < 1.29 is 0 Å². The van der Waals surface area contributed by atoms with Gasteiger partial charge in [0.25, 0.3) is 0 Å². The fraction of sp³-hybridized carbons (Fsp3) is 0.0465. The van der Waals surface area contributed by atoms with Crippen molar-refractivity contribution >= 4 is 49.3 Å². The molecule has 2 atom stereocenters. The van der Waals surface area contributed by atoms with Crippen LogP contribution in [0.25, 0.3) is 54.2 Å². The lowest BCUT2D eigenvalue weighted by molar-refractivity contribution is 0.468. The zero-order valence-electron chi connectivity index (χ0n) is 25.3. The summed E-state index contributed by atoms with van der Waals surface area (Å²) in [6, 6.07) is 57.6. The molecular formula is C43H33N3. The van der Waals surface area contributed by atoms with Gasteiger partial charge in [0.15, 0.2) is 0 Å². The first-order valence-electron chi connectivity index (χ1n) is 15.7. The third kappa shape index (κ3) is 5.12. The summed E-state index contributed by atoms with van der Waals surface area (Å²) in [7, 11) is 0. The van der Waals surface area contributed by atoms with Gasteiger partial charge < -0.3 is 5.73 Å². The standard InChI is InChI=1S/C43H33N3/c44-42(31-15-2-1-3-16-31)46-43(39-23-11-10-22-38(39)37-24-12-18-29-13-4-7-19-34(29)37)45-28-40-35-20-8-6-17-32(35)27-33-26-25-30-14-5-9-21-36(30)41(33)40/h1-28,42-43,46H,44H2. The van der Waals surface area contributed by atoms with E-state index in [0.29, 0.717) is 0 Å². The Labute approximate surface area is 268 Å². The monoisotopic (exact) mass is 591 g/mol. The van der Waals surface area contributed by atoms with E-state index >= 15 is 0 Å². The maximum atomic E-state index is 6.85. The molecule has 0 heterocycles. The van der Waals surface area contributed by atoms with Crippen molar-refractivity contribution in [3.63, 3.8) is 0 Å². The summed E-state index contributed by atoms with van der Waals surface area (Å²) in [5.74, 6) is 0. The number of aliphatic imine (C=N–C) groups is 1. The summed E-state index contributed by atoms with van der Waals surface area (Å²) in [6.45, 7) is 0. The number of rotatable bonds is 7. The average molecular weight is 592 g/mol. The number of hydrogen-bond donors (Lipinski definition) is 2. The molecule has 0 aliphatic heterocycles. The molecule has 0 aliphatic rings. The van der Waals surface area contributed by atoms with Crippen LogP contribution in [0.2, 0.25) is 0 Å². The molecular weight excluding hydrogens is 558 g/mol. The van der Waals surface area contributed by atoms with Crippen LogP contribution in [-0.2, 0) is 0 Å². The van der Waals surface area contributed by atoms with Gasteiger partial charge >= 0.3 is 0 Å². The van der Waals surface area contributed by atoms with E-state index < -0.39 is 12.3 Å². The Hall–Kier alpha value is -5.61. The van der Waals surface area contributed by atoms with Crippen LogP contribution in [0.1, 0.15) is 29.0 Å². The van der Waals surface area contributed by atoms with Crippen LogP contribution in [0.3, 0.4) is 0 Å². The quantitative estimate of drug-likeness (QED) is 0.0838. The van der Waals surface area contributed by atoms with E-state index in [4.69, 9.17) is 10.7 Å². The van der Waals surface area contributed by atoms with Crippen molar-refractivity contribution in [1.29, 1.82) is 0 Å². The first kappa shape index (κ1) is 27.9. The third-order valence-electron chi connectivity index (χ3n) is 8.98. The van der Waals surface area contributed by atoms with Gasteiger partial charge in [-0.1, -0.05) is 158 Å². The molecule has 8 aromatic carbocycles. The largest absolute Gasteiger partial charge is 0.312 e. The first-order valence-corrected chi connectivity index (χ1v) is 15.7. The minimum absolute atomic E-state index is 0.422. The van der Waals surface area contributed by atoms with E-state index in [2.05, 4.69) is 157 Å². The summed E-state index contributed by atoms with van der Waals surface area (Å²) in [6.07, 6.45) is 1.22. The lowest BCUT2D eigenvalue weighted by Gasteiger charge is -2.24. The fourth-order valence-electron chi connectivity index (χ4n) is 6.74. The number of fused-ring (bicyclic) bond motifs is 5. The van der Waals surface area contributed by atoms with E-state index in [0.717, 1.165) is 22.3 Å². The molecule has 0 bridgehead atoms. The number of nitrogens with zero attached hydrogens (tertiary/aromatic N) is 1. The molecule has 0 radical (unpaired) electrons. The van der Waals surface area contributed by atoms with Crippen LogP contribution in [0.5, 0.6) is 0 Å². The van der Waals surface area contributed by atoms with E-state index in [9.17, 15) is 0 Å². The number of hydrogen-bond acceptors (Lipinski definition) is 3. The highest BCUT2D eigenvalue weighted by Gasteiger charge is 2.20. The Morgan fingerprint density at radius 3 is 1.91 bits per heavy atom. The van der Waals surface area contributed by atoms with E-state index in [1.54, 1.807) is 0 Å². The second-order valence-corrected chi connectivity index (χ2v) is 11.7. The van der Waals surface area contributed by atoms with Gasteiger partial charge in [-0.25, -0.2) is 0 Å². The molecule has 8 aromatic rings. The molecule has 8 rings (SSSR count). The summed E-state index contributed by atoms with van der Waals surface area (Å²) < 4.78 is 0. The molecule has 0 aliphatic carbocycles. The Morgan fingerprint density at radius 1 is 0.500 bits per heavy atom. The zero-order chi connectivity index (χ0) is 30.9. The van der Waals surface area contributed by atoms with Gasteiger partial charge in [-0.15, -0.1) is 0 Å². The lowest BCUT2D eigenvalue weighted by Crippen LogP contribution is -2.32. The summed E-state index contributed by atoms with van der Waals surface area (Å²) >= 11 is 0. The Bertz CT molecular complexity index is 2370. The first-order chi connectivity index (χ1) is 22.7. The molecule has 46 heavy (non-hydrogen) atoms. The maximum Gasteiger partial charge on any atom is 0.127 e. The van der Waals surface area contributed by atoms with Crippen molar-refractivity contribution in [2.45, 2.75) is 12.3 Å². The predicted molar refractivity (Wildman–Crippen MR) is 195 cm³/mol. The molecule has 0 saturated heterocycles. The van der Waals surface area contributed by atoms with E-state index in [1.807, 2.05) is 18.2 Å². The van der Waals surface area contributed by atoms with Crippen molar-refractivity contribution in [3.05, 3.63) is 180 Å². The molecule has 0 amide bonds. The van der Waals surface area contributed by atoms with Crippen molar-refractivity contribution in [2.24, 2.45) is 10.7 Å². The van der Waals surface area contributed by atoms with Crippen LogP contribution >= 0.6 is 0 Å².